The first kappa shape index (κ1) is 12.6. The number of para-hydroxylation sites is 1. The van der Waals surface area contributed by atoms with Crippen molar-refractivity contribution in [1.82, 2.24) is 0 Å². The monoisotopic (exact) mass is 221 g/mol. The van der Waals surface area contributed by atoms with Crippen LogP contribution in [0.5, 0.6) is 11.5 Å². The van der Waals surface area contributed by atoms with E-state index in [1.54, 1.807) is 7.11 Å². The highest BCUT2D eigenvalue weighted by atomic mass is 16.5. The summed E-state index contributed by atoms with van der Waals surface area (Å²) in [5.41, 5.74) is 7.67. The van der Waals surface area contributed by atoms with E-state index in [9.17, 15) is 0 Å². The molecule has 1 aromatic rings. The first-order valence-corrected chi connectivity index (χ1v) is 5.40. The fourth-order valence-electron chi connectivity index (χ4n) is 1.46. The Morgan fingerprint density at radius 2 is 2.19 bits per heavy atom. The molecule has 0 radical (unpaired) electrons. The van der Waals surface area contributed by atoms with E-state index in [-0.39, 0.29) is 0 Å². The van der Waals surface area contributed by atoms with Crippen LogP contribution in [0.25, 0.3) is 6.08 Å². The molecule has 0 fully saturated rings. The lowest BCUT2D eigenvalue weighted by molar-refractivity contribution is 0.310. The van der Waals surface area contributed by atoms with Crippen LogP contribution in [-0.2, 0) is 0 Å². The van der Waals surface area contributed by atoms with Crippen LogP contribution in [0.2, 0.25) is 0 Å². The molecule has 1 aromatic carbocycles. The Kier molecular flexibility index (Phi) is 4.86. The molecule has 0 aromatic heterocycles. The maximum Gasteiger partial charge on any atom is 0.167 e. The summed E-state index contributed by atoms with van der Waals surface area (Å²) in [6.45, 7) is 5.11. The van der Waals surface area contributed by atoms with Gasteiger partial charge in [0.1, 0.15) is 0 Å². The van der Waals surface area contributed by atoms with Gasteiger partial charge in [0.2, 0.25) is 0 Å². The molecule has 0 aliphatic heterocycles. The van der Waals surface area contributed by atoms with Gasteiger partial charge in [-0.25, -0.2) is 0 Å². The van der Waals surface area contributed by atoms with Crippen LogP contribution in [0, 0.1) is 0 Å². The smallest absolute Gasteiger partial charge is 0.167 e. The van der Waals surface area contributed by atoms with Gasteiger partial charge in [-0.2, -0.15) is 0 Å². The molecule has 0 unspecified atom stereocenters. The van der Waals surface area contributed by atoms with E-state index in [1.807, 2.05) is 38.1 Å². The van der Waals surface area contributed by atoms with Crippen LogP contribution < -0.4 is 15.2 Å². The van der Waals surface area contributed by atoms with Gasteiger partial charge in [0, 0.05) is 12.1 Å². The van der Waals surface area contributed by atoms with Crippen LogP contribution in [-0.4, -0.2) is 20.3 Å². The number of hydrogen-bond donors (Lipinski definition) is 1. The van der Waals surface area contributed by atoms with E-state index >= 15 is 0 Å². The molecule has 0 saturated carbocycles. The molecule has 0 aliphatic rings. The van der Waals surface area contributed by atoms with E-state index in [0.717, 1.165) is 22.6 Å². The Labute approximate surface area is 96.9 Å². The van der Waals surface area contributed by atoms with Crippen molar-refractivity contribution < 1.29 is 9.47 Å². The highest BCUT2D eigenvalue weighted by Gasteiger charge is 2.07. The third-order valence-electron chi connectivity index (χ3n) is 2.24. The Balaban J connectivity index is 3.13. The summed E-state index contributed by atoms with van der Waals surface area (Å²) >= 11 is 0. The molecule has 3 heteroatoms. The summed E-state index contributed by atoms with van der Waals surface area (Å²) in [5, 5.41) is 0. The van der Waals surface area contributed by atoms with Crippen molar-refractivity contribution >= 4 is 6.08 Å². The van der Waals surface area contributed by atoms with Crippen molar-refractivity contribution in [2.45, 2.75) is 13.8 Å². The molecule has 0 saturated heterocycles. The second kappa shape index (κ2) is 6.18. The predicted molar refractivity (Wildman–Crippen MR) is 66.9 cm³/mol. The van der Waals surface area contributed by atoms with Crippen molar-refractivity contribution in [1.29, 1.82) is 0 Å². The predicted octanol–water partition coefficient (Wildman–Crippen LogP) is 2.46. The van der Waals surface area contributed by atoms with Gasteiger partial charge in [0.25, 0.3) is 0 Å². The lowest BCUT2D eigenvalue weighted by atomic mass is 10.1. The molecule has 0 heterocycles. The van der Waals surface area contributed by atoms with Gasteiger partial charge in [0.05, 0.1) is 13.7 Å². The first-order valence-electron chi connectivity index (χ1n) is 5.40. The molecule has 16 heavy (non-hydrogen) atoms. The van der Waals surface area contributed by atoms with Crippen LogP contribution >= 0.6 is 0 Å². The molecular weight excluding hydrogens is 202 g/mol. The van der Waals surface area contributed by atoms with Gasteiger partial charge >= 0.3 is 0 Å². The summed E-state index contributed by atoms with van der Waals surface area (Å²) < 4.78 is 10.9. The third kappa shape index (κ3) is 3.00. The normalized spacial score (nSPS) is 11.4. The summed E-state index contributed by atoms with van der Waals surface area (Å²) in [6.07, 6.45) is 2.02. The minimum Gasteiger partial charge on any atom is -0.492 e. The summed E-state index contributed by atoms with van der Waals surface area (Å²) in [7, 11) is 1.65. The molecule has 88 valence electrons. The fourth-order valence-corrected chi connectivity index (χ4v) is 1.46. The van der Waals surface area contributed by atoms with Gasteiger partial charge in [-0.1, -0.05) is 23.8 Å². The maximum absolute atomic E-state index is 5.57. The number of nitrogens with two attached hydrogens (primary N) is 1. The van der Waals surface area contributed by atoms with Crippen LogP contribution in [0.1, 0.15) is 19.4 Å². The summed E-state index contributed by atoms with van der Waals surface area (Å²) in [4.78, 5) is 0. The summed E-state index contributed by atoms with van der Waals surface area (Å²) in [6, 6.07) is 5.83. The SMILES string of the molecule is CCOc1cccc(C=C(C)CN)c1OC. The van der Waals surface area contributed by atoms with E-state index in [0.29, 0.717) is 13.2 Å². The van der Waals surface area contributed by atoms with Crippen molar-refractivity contribution in [3.63, 3.8) is 0 Å². The van der Waals surface area contributed by atoms with E-state index < -0.39 is 0 Å². The Morgan fingerprint density at radius 1 is 1.44 bits per heavy atom. The van der Waals surface area contributed by atoms with Gasteiger partial charge in [-0.3, -0.25) is 0 Å². The number of rotatable bonds is 5. The zero-order chi connectivity index (χ0) is 12.0. The van der Waals surface area contributed by atoms with Crippen LogP contribution in [0.3, 0.4) is 0 Å². The van der Waals surface area contributed by atoms with Crippen molar-refractivity contribution in [2.24, 2.45) is 5.73 Å². The second-order valence-electron chi connectivity index (χ2n) is 3.51. The molecular formula is C13H19NO2. The highest BCUT2D eigenvalue weighted by Crippen LogP contribution is 2.32. The second-order valence-corrected chi connectivity index (χ2v) is 3.51. The van der Waals surface area contributed by atoms with E-state index in [1.165, 1.54) is 0 Å². The average molecular weight is 221 g/mol. The van der Waals surface area contributed by atoms with Gasteiger partial charge in [-0.05, 0) is 19.9 Å². The zero-order valence-corrected chi connectivity index (χ0v) is 10.1. The molecule has 0 spiro atoms. The Morgan fingerprint density at radius 3 is 2.75 bits per heavy atom. The van der Waals surface area contributed by atoms with Crippen LogP contribution in [0.15, 0.2) is 23.8 Å². The molecule has 3 nitrogen and oxygen atoms in total. The standard InChI is InChI=1S/C13H19NO2/c1-4-16-12-7-5-6-11(13(12)15-3)8-10(2)9-14/h5-8H,4,9,14H2,1-3H3. The minimum absolute atomic E-state index is 0.544. The maximum atomic E-state index is 5.57. The first-order chi connectivity index (χ1) is 7.72. The number of ether oxygens (including phenoxy) is 2. The number of benzene rings is 1. The fraction of sp³-hybridized carbons (Fsp3) is 0.385. The topological polar surface area (TPSA) is 44.5 Å². The lowest BCUT2D eigenvalue weighted by Crippen LogP contribution is -2.00. The van der Waals surface area contributed by atoms with E-state index in [2.05, 4.69) is 0 Å². The average Bonchev–Trinajstić information content (AvgIpc) is 2.29. The molecule has 0 amide bonds. The zero-order valence-electron chi connectivity index (χ0n) is 10.1. The highest BCUT2D eigenvalue weighted by molar-refractivity contribution is 5.64. The van der Waals surface area contributed by atoms with Gasteiger partial charge < -0.3 is 15.2 Å². The Hall–Kier alpha value is -1.48. The van der Waals surface area contributed by atoms with Gasteiger partial charge in [0.15, 0.2) is 11.5 Å². The molecule has 0 aliphatic carbocycles. The quantitative estimate of drug-likeness (QED) is 0.830. The van der Waals surface area contributed by atoms with Crippen molar-refractivity contribution in [3.8, 4) is 11.5 Å². The number of hydrogen-bond acceptors (Lipinski definition) is 3. The molecule has 0 bridgehead atoms. The van der Waals surface area contributed by atoms with Crippen molar-refractivity contribution in [3.05, 3.63) is 29.3 Å². The molecule has 0 atom stereocenters. The van der Waals surface area contributed by atoms with E-state index in [4.69, 9.17) is 15.2 Å². The Bertz CT molecular complexity index is 372. The summed E-state index contributed by atoms with van der Waals surface area (Å²) in [5.74, 6) is 1.53. The van der Waals surface area contributed by atoms with Gasteiger partial charge in [-0.15, -0.1) is 0 Å². The molecule has 1 rings (SSSR count). The largest absolute Gasteiger partial charge is 0.492 e. The van der Waals surface area contributed by atoms with Crippen molar-refractivity contribution in [2.75, 3.05) is 20.3 Å². The molecule has 2 N–H and O–H groups in total. The van der Waals surface area contributed by atoms with Crippen LogP contribution in [0.4, 0.5) is 0 Å². The number of methoxy groups -OCH3 is 1. The minimum atomic E-state index is 0.544. The lowest BCUT2D eigenvalue weighted by Gasteiger charge is -2.12. The third-order valence-corrected chi connectivity index (χ3v) is 2.24.